The van der Waals surface area contributed by atoms with Crippen LogP contribution in [-0.2, 0) is 4.74 Å². The lowest BCUT2D eigenvalue weighted by Gasteiger charge is -1.98. The van der Waals surface area contributed by atoms with Crippen LogP contribution in [0, 0.1) is 0 Å². The molecule has 0 saturated heterocycles. The number of amides is 1. The first-order valence-corrected chi connectivity index (χ1v) is 6.46. The van der Waals surface area contributed by atoms with Gasteiger partial charge < -0.3 is 14.5 Å². The van der Waals surface area contributed by atoms with Gasteiger partial charge in [0.25, 0.3) is 5.91 Å². The van der Waals surface area contributed by atoms with E-state index in [0.29, 0.717) is 14.5 Å². The predicted octanol–water partition coefficient (Wildman–Crippen LogP) is 3.14. The van der Waals surface area contributed by atoms with Crippen molar-refractivity contribution in [2.75, 3.05) is 12.4 Å². The third kappa shape index (κ3) is 2.80. The maximum Gasteiger partial charge on any atom is 0.348 e. The zero-order valence-electron chi connectivity index (χ0n) is 9.23. The summed E-state index contributed by atoms with van der Waals surface area (Å²) in [7, 11) is 1.31. The topological polar surface area (TPSA) is 68.5 Å². The Bertz CT molecular complexity index is 589. The van der Waals surface area contributed by atoms with Gasteiger partial charge in [-0.1, -0.05) is 0 Å². The number of thiophene rings is 1. The Balaban J connectivity index is 2.08. The van der Waals surface area contributed by atoms with Crippen LogP contribution in [0.4, 0.5) is 5.00 Å². The van der Waals surface area contributed by atoms with Gasteiger partial charge in [0.2, 0.25) is 0 Å². The Labute approximate surface area is 115 Å². The van der Waals surface area contributed by atoms with Crippen molar-refractivity contribution >= 4 is 44.1 Å². The first-order valence-electron chi connectivity index (χ1n) is 4.85. The Morgan fingerprint density at radius 2 is 2.11 bits per heavy atom. The third-order valence-corrected chi connectivity index (χ3v) is 3.43. The number of carbonyl (C=O) groups excluding carboxylic acids is 2. The minimum Gasteiger partial charge on any atom is -0.465 e. The lowest BCUT2D eigenvalue weighted by molar-refractivity contribution is 0.0606. The molecule has 0 unspecified atom stereocenters. The molecule has 0 saturated carbocycles. The molecule has 94 valence electrons. The van der Waals surface area contributed by atoms with Crippen LogP contribution in [0.5, 0.6) is 0 Å². The molecular weight excluding hydrogens is 322 g/mol. The first-order chi connectivity index (χ1) is 8.60. The Kier molecular flexibility index (Phi) is 3.83. The molecule has 2 aromatic rings. The Morgan fingerprint density at radius 3 is 2.72 bits per heavy atom. The highest BCUT2D eigenvalue weighted by Gasteiger charge is 2.14. The second-order valence-corrected chi connectivity index (χ2v) is 5.08. The van der Waals surface area contributed by atoms with E-state index in [4.69, 9.17) is 4.42 Å². The minimum absolute atomic E-state index is 0.190. The second kappa shape index (κ2) is 5.36. The van der Waals surface area contributed by atoms with Crippen molar-refractivity contribution in [3.63, 3.8) is 0 Å². The number of methoxy groups -OCH3 is 1. The largest absolute Gasteiger partial charge is 0.465 e. The lowest BCUT2D eigenvalue weighted by atomic mass is 10.4. The van der Waals surface area contributed by atoms with Crippen LogP contribution in [-0.4, -0.2) is 19.0 Å². The minimum atomic E-state index is -0.429. The SMILES string of the molecule is COC(=O)c1ccc(NC(=O)c2ccc(Br)o2)s1. The third-order valence-electron chi connectivity index (χ3n) is 2.03. The molecule has 2 aromatic heterocycles. The van der Waals surface area contributed by atoms with Gasteiger partial charge in [-0.3, -0.25) is 4.79 Å². The van der Waals surface area contributed by atoms with Crippen molar-refractivity contribution in [2.24, 2.45) is 0 Å². The van der Waals surface area contributed by atoms with Crippen LogP contribution in [0.3, 0.4) is 0 Å². The van der Waals surface area contributed by atoms with Crippen molar-refractivity contribution < 1.29 is 18.7 Å². The molecule has 0 aliphatic heterocycles. The molecule has 0 fully saturated rings. The molecule has 0 bridgehead atoms. The monoisotopic (exact) mass is 329 g/mol. The normalized spacial score (nSPS) is 10.1. The van der Waals surface area contributed by atoms with Crippen molar-refractivity contribution in [3.05, 3.63) is 39.6 Å². The quantitative estimate of drug-likeness (QED) is 0.878. The van der Waals surface area contributed by atoms with Crippen molar-refractivity contribution in [2.45, 2.75) is 0 Å². The van der Waals surface area contributed by atoms with Gasteiger partial charge in [-0.05, 0) is 40.2 Å². The summed E-state index contributed by atoms with van der Waals surface area (Å²) in [5.74, 6) is -0.616. The van der Waals surface area contributed by atoms with Gasteiger partial charge in [0.1, 0.15) is 4.88 Å². The number of rotatable bonds is 3. The number of halogens is 1. The fourth-order valence-electron chi connectivity index (χ4n) is 1.23. The molecule has 7 heteroatoms. The zero-order chi connectivity index (χ0) is 13.1. The van der Waals surface area contributed by atoms with E-state index in [1.807, 2.05) is 0 Å². The summed E-state index contributed by atoms with van der Waals surface area (Å²) < 4.78 is 10.2. The zero-order valence-corrected chi connectivity index (χ0v) is 11.6. The highest BCUT2D eigenvalue weighted by molar-refractivity contribution is 9.10. The molecule has 1 N–H and O–H groups in total. The van der Waals surface area contributed by atoms with Gasteiger partial charge in [0.15, 0.2) is 10.4 Å². The molecule has 0 aliphatic carbocycles. The molecule has 2 rings (SSSR count). The molecule has 18 heavy (non-hydrogen) atoms. The highest BCUT2D eigenvalue weighted by Crippen LogP contribution is 2.23. The summed E-state index contributed by atoms with van der Waals surface area (Å²) >= 11 is 4.25. The van der Waals surface area contributed by atoms with E-state index >= 15 is 0 Å². The van der Waals surface area contributed by atoms with Gasteiger partial charge in [-0.2, -0.15) is 0 Å². The summed E-state index contributed by atoms with van der Waals surface area (Å²) in [6.45, 7) is 0. The maximum absolute atomic E-state index is 11.7. The van der Waals surface area contributed by atoms with Crippen LogP contribution in [0.15, 0.2) is 33.4 Å². The number of anilines is 1. The van der Waals surface area contributed by atoms with Crippen LogP contribution in [0.2, 0.25) is 0 Å². The number of furan rings is 1. The summed E-state index contributed by atoms with van der Waals surface area (Å²) in [4.78, 5) is 23.4. The van der Waals surface area contributed by atoms with Gasteiger partial charge in [0.05, 0.1) is 12.1 Å². The summed E-state index contributed by atoms with van der Waals surface area (Å²) in [6.07, 6.45) is 0. The van der Waals surface area contributed by atoms with Crippen molar-refractivity contribution in [1.29, 1.82) is 0 Å². The van der Waals surface area contributed by atoms with E-state index < -0.39 is 5.97 Å². The van der Waals surface area contributed by atoms with Crippen LogP contribution < -0.4 is 5.32 Å². The summed E-state index contributed by atoms with van der Waals surface area (Å²) in [5.41, 5.74) is 0. The smallest absolute Gasteiger partial charge is 0.348 e. The predicted molar refractivity (Wildman–Crippen MR) is 70.0 cm³/mol. The molecule has 0 atom stereocenters. The van der Waals surface area contributed by atoms with Gasteiger partial charge in [0, 0.05) is 0 Å². The van der Waals surface area contributed by atoms with Crippen LogP contribution in [0.1, 0.15) is 20.2 Å². The van der Waals surface area contributed by atoms with Crippen LogP contribution >= 0.6 is 27.3 Å². The highest BCUT2D eigenvalue weighted by atomic mass is 79.9. The maximum atomic E-state index is 11.7. The fourth-order valence-corrected chi connectivity index (χ4v) is 2.35. The number of hydrogen-bond acceptors (Lipinski definition) is 5. The number of carbonyl (C=O) groups is 2. The molecule has 1 amide bonds. The number of esters is 1. The standard InChI is InChI=1S/C11H8BrNO4S/c1-16-11(15)7-3-5-9(18-7)13-10(14)6-2-4-8(12)17-6/h2-5H,1H3,(H,13,14). The second-order valence-electron chi connectivity index (χ2n) is 3.21. The summed E-state index contributed by atoms with van der Waals surface area (Å²) in [5, 5.41) is 3.18. The van der Waals surface area contributed by atoms with Gasteiger partial charge in [-0.25, -0.2) is 4.79 Å². The van der Waals surface area contributed by atoms with Crippen molar-refractivity contribution in [1.82, 2.24) is 0 Å². The number of hydrogen-bond donors (Lipinski definition) is 1. The van der Waals surface area contributed by atoms with Gasteiger partial charge in [-0.15, -0.1) is 11.3 Å². The number of nitrogens with one attached hydrogen (secondary N) is 1. The van der Waals surface area contributed by atoms with E-state index in [2.05, 4.69) is 26.0 Å². The fraction of sp³-hybridized carbons (Fsp3) is 0.0909. The Hall–Kier alpha value is -1.60. The molecule has 5 nitrogen and oxygen atoms in total. The molecule has 0 aliphatic rings. The number of ether oxygens (including phenoxy) is 1. The molecule has 0 spiro atoms. The molecule has 0 radical (unpaired) electrons. The first kappa shape index (κ1) is 12.8. The molecule has 0 aromatic carbocycles. The van der Waals surface area contributed by atoms with E-state index in [9.17, 15) is 9.59 Å². The van der Waals surface area contributed by atoms with Crippen molar-refractivity contribution in [3.8, 4) is 0 Å². The average molecular weight is 330 g/mol. The summed E-state index contributed by atoms with van der Waals surface area (Å²) in [6, 6.07) is 6.40. The van der Waals surface area contributed by atoms with Crippen LogP contribution in [0.25, 0.3) is 0 Å². The van der Waals surface area contributed by atoms with E-state index in [-0.39, 0.29) is 11.7 Å². The molecular formula is C11H8BrNO4S. The lowest BCUT2D eigenvalue weighted by Crippen LogP contribution is -2.09. The van der Waals surface area contributed by atoms with Gasteiger partial charge >= 0.3 is 5.97 Å². The van der Waals surface area contributed by atoms with E-state index in [1.54, 1.807) is 24.3 Å². The van der Waals surface area contributed by atoms with E-state index in [1.165, 1.54) is 7.11 Å². The Morgan fingerprint density at radius 1 is 1.33 bits per heavy atom. The molecule has 2 heterocycles. The average Bonchev–Trinajstić information content (AvgIpc) is 2.97. The van der Waals surface area contributed by atoms with E-state index in [0.717, 1.165) is 11.3 Å².